The van der Waals surface area contributed by atoms with Crippen molar-refractivity contribution in [2.24, 2.45) is 0 Å². The highest BCUT2D eigenvalue weighted by Crippen LogP contribution is 2.38. The van der Waals surface area contributed by atoms with Crippen molar-refractivity contribution < 1.29 is 27.5 Å². The smallest absolute Gasteiger partial charge is 0.265 e. The number of nitrogens with one attached hydrogen (secondary N) is 2. The molecule has 208 valence electrons. The summed E-state index contributed by atoms with van der Waals surface area (Å²) in [7, 11) is -2.74. The van der Waals surface area contributed by atoms with Gasteiger partial charge in [-0.3, -0.25) is 23.6 Å². The molecule has 5 rings (SSSR count). The van der Waals surface area contributed by atoms with Gasteiger partial charge in [0.25, 0.3) is 21.8 Å². The molecule has 2 N–H and O–H groups in total. The summed E-state index contributed by atoms with van der Waals surface area (Å²) in [6.45, 7) is 1.45. The maximum atomic E-state index is 14.1. The van der Waals surface area contributed by atoms with Gasteiger partial charge in [0.1, 0.15) is 12.1 Å². The second-order valence-electron chi connectivity index (χ2n) is 9.73. The van der Waals surface area contributed by atoms with E-state index >= 15 is 0 Å². The highest BCUT2D eigenvalue weighted by molar-refractivity contribution is 7.93. The Morgan fingerprint density at radius 2 is 1.62 bits per heavy atom. The van der Waals surface area contributed by atoms with Crippen LogP contribution in [0.2, 0.25) is 0 Å². The van der Waals surface area contributed by atoms with Crippen molar-refractivity contribution in [3.63, 3.8) is 0 Å². The van der Waals surface area contributed by atoms with Gasteiger partial charge in [-0.2, -0.15) is 0 Å². The van der Waals surface area contributed by atoms with E-state index in [1.165, 1.54) is 38.3 Å². The number of benzene rings is 3. The number of para-hydroxylation sites is 2. The highest BCUT2D eigenvalue weighted by Gasteiger charge is 2.46. The zero-order valence-electron chi connectivity index (χ0n) is 22.2. The molecule has 40 heavy (non-hydrogen) atoms. The molecule has 2 atom stereocenters. The number of rotatable bonds is 8. The summed E-state index contributed by atoms with van der Waals surface area (Å²) in [6, 6.07) is 18.4. The first-order chi connectivity index (χ1) is 19.2. The molecule has 2 heterocycles. The summed E-state index contributed by atoms with van der Waals surface area (Å²) >= 11 is 0. The van der Waals surface area contributed by atoms with Crippen LogP contribution < -0.4 is 14.9 Å². The van der Waals surface area contributed by atoms with E-state index in [0.717, 1.165) is 20.5 Å². The van der Waals surface area contributed by atoms with Crippen LogP contribution in [0, 0.1) is 0 Å². The van der Waals surface area contributed by atoms with Crippen molar-refractivity contribution in [1.29, 1.82) is 0 Å². The van der Waals surface area contributed by atoms with Gasteiger partial charge in [0.2, 0.25) is 5.91 Å². The summed E-state index contributed by atoms with van der Waals surface area (Å²) in [5, 5.41) is 5.81. The van der Waals surface area contributed by atoms with Crippen molar-refractivity contribution in [2.75, 3.05) is 35.2 Å². The van der Waals surface area contributed by atoms with E-state index in [1.807, 2.05) is 24.3 Å². The molecule has 0 aromatic heterocycles. The van der Waals surface area contributed by atoms with Crippen LogP contribution in [0.25, 0.3) is 0 Å². The molecule has 0 aliphatic carbocycles. The molecule has 3 amide bonds. The van der Waals surface area contributed by atoms with Gasteiger partial charge in [0.15, 0.2) is 0 Å². The Morgan fingerprint density at radius 1 is 0.950 bits per heavy atom. The van der Waals surface area contributed by atoms with Crippen molar-refractivity contribution in [1.82, 2.24) is 4.90 Å². The predicted octanol–water partition coefficient (Wildman–Crippen LogP) is 2.80. The third kappa shape index (κ3) is 5.17. The van der Waals surface area contributed by atoms with E-state index < -0.39 is 33.9 Å². The average Bonchev–Trinajstić information content (AvgIpc) is 3.55. The summed E-state index contributed by atoms with van der Waals surface area (Å²) < 4.78 is 34.3. The lowest BCUT2D eigenvalue weighted by Crippen LogP contribution is -2.55. The molecule has 3 aromatic rings. The molecule has 11 heteroatoms. The van der Waals surface area contributed by atoms with Crippen LogP contribution in [0.1, 0.15) is 18.1 Å². The Balaban J connectivity index is 1.48. The molecular weight excluding hydrogens is 532 g/mol. The number of imide groups is 1. The van der Waals surface area contributed by atoms with Crippen molar-refractivity contribution in [3.8, 4) is 0 Å². The number of carbonyl (C=O) groups is 3. The van der Waals surface area contributed by atoms with E-state index in [0.29, 0.717) is 23.4 Å². The van der Waals surface area contributed by atoms with E-state index in [1.54, 1.807) is 24.3 Å². The van der Waals surface area contributed by atoms with Crippen LogP contribution >= 0.6 is 0 Å². The number of ether oxygens (including phenoxy) is 1. The zero-order valence-corrected chi connectivity index (χ0v) is 23.0. The van der Waals surface area contributed by atoms with Crippen LogP contribution in [0.3, 0.4) is 0 Å². The van der Waals surface area contributed by atoms with Gasteiger partial charge >= 0.3 is 0 Å². The van der Waals surface area contributed by atoms with Gasteiger partial charge in [-0.05, 0) is 47.5 Å². The minimum atomic E-state index is -4.22. The maximum Gasteiger partial charge on any atom is 0.265 e. The second-order valence-corrected chi connectivity index (χ2v) is 11.5. The fraction of sp³-hybridized carbons (Fsp3) is 0.276. The van der Waals surface area contributed by atoms with E-state index in [2.05, 4.69) is 10.6 Å². The Morgan fingerprint density at radius 3 is 2.30 bits per heavy atom. The summed E-state index contributed by atoms with van der Waals surface area (Å²) in [6.07, 6.45) is 0.534. The molecule has 0 fully saturated rings. The number of fused-ring (bicyclic) bond motifs is 2. The lowest BCUT2D eigenvalue weighted by Gasteiger charge is -2.31. The summed E-state index contributed by atoms with van der Waals surface area (Å²) in [5.41, 5.74) is 3.32. The Kier molecular flexibility index (Phi) is 7.59. The third-order valence-electron chi connectivity index (χ3n) is 7.06. The van der Waals surface area contributed by atoms with Gasteiger partial charge in [0.05, 0.1) is 23.7 Å². The van der Waals surface area contributed by atoms with Crippen LogP contribution in [0.15, 0.2) is 77.7 Å². The monoisotopic (exact) mass is 562 g/mol. The number of hydrogen-bond donors (Lipinski definition) is 2. The number of nitrogens with zero attached hydrogens (tertiary/aromatic N) is 2. The quantitative estimate of drug-likeness (QED) is 0.405. The molecule has 0 saturated heterocycles. The lowest BCUT2D eigenvalue weighted by atomic mass is 10.1. The molecule has 0 bridgehead atoms. The van der Waals surface area contributed by atoms with Gasteiger partial charge in [-0.15, -0.1) is 0 Å². The highest BCUT2D eigenvalue weighted by atomic mass is 32.2. The van der Waals surface area contributed by atoms with Crippen molar-refractivity contribution in [3.05, 3.63) is 83.9 Å². The van der Waals surface area contributed by atoms with E-state index in [-0.39, 0.29) is 30.4 Å². The Labute approximate surface area is 233 Å². The Hall–Kier alpha value is -4.22. The van der Waals surface area contributed by atoms with E-state index in [4.69, 9.17) is 4.74 Å². The van der Waals surface area contributed by atoms with Crippen LogP contribution in [0.5, 0.6) is 0 Å². The van der Waals surface area contributed by atoms with Crippen LogP contribution in [0.4, 0.5) is 17.1 Å². The third-order valence-corrected chi connectivity index (χ3v) is 8.90. The van der Waals surface area contributed by atoms with Crippen molar-refractivity contribution >= 4 is 44.8 Å². The second kappa shape index (κ2) is 11.1. The fourth-order valence-electron chi connectivity index (χ4n) is 5.20. The van der Waals surface area contributed by atoms with Gasteiger partial charge in [0, 0.05) is 38.2 Å². The maximum absolute atomic E-state index is 14.1. The minimum Gasteiger partial charge on any atom is -0.383 e. The standard InChI is InChI=1S/C29H30N4O6S/c1-19(34)30-22-11-13-23(14-12-22)40(37,38)33-26-10-6-4-8-21(26)18-27(33)29(36)32(15-16-39-2)28(35)25-17-20-7-3-5-9-24(20)31-25/h3-14,25,27,31H,15-18H2,1-2H3,(H,30,34)/t25-,27-/m1/s1. The molecular formula is C29H30N4O6S. The first-order valence-corrected chi connectivity index (χ1v) is 14.3. The number of sulfonamides is 1. The Bertz CT molecular complexity index is 1530. The predicted molar refractivity (Wildman–Crippen MR) is 150 cm³/mol. The van der Waals surface area contributed by atoms with E-state index in [9.17, 15) is 22.8 Å². The average molecular weight is 563 g/mol. The first kappa shape index (κ1) is 27.4. The molecule has 10 nitrogen and oxygen atoms in total. The minimum absolute atomic E-state index is 0.0190. The molecule has 0 unspecified atom stereocenters. The molecule has 0 radical (unpaired) electrons. The molecule has 3 aromatic carbocycles. The van der Waals surface area contributed by atoms with Crippen molar-refractivity contribution in [2.45, 2.75) is 36.7 Å². The number of carbonyl (C=O) groups excluding carboxylic acids is 3. The topological polar surface area (TPSA) is 125 Å². The van der Waals surface area contributed by atoms with Gasteiger partial charge in [-0.25, -0.2) is 8.42 Å². The SMILES string of the molecule is COCCN(C(=O)[C@H]1Cc2ccccc2N1S(=O)(=O)c1ccc(NC(C)=O)cc1)C(=O)[C@H]1Cc2ccccc2N1. The number of hydrogen-bond acceptors (Lipinski definition) is 7. The summed E-state index contributed by atoms with van der Waals surface area (Å²) in [5.74, 6) is -1.34. The first-order valence-electron chi connectivity index (χ1n) is 12.9. The molecule has 2 aliphatic heterocycles. The zero-order chi connectivity index (χ0) is 28.4. The molecule has 2 aliphatic rings. The molecule has 0 spiro atoms. The number of anilines is 3. The summed E-state index contributed by atoms with van der Waals surface area (Å²) in [4.78, 5) is 40.3. The normalized spacial score (nSPS) is 17.5. The van der Waals surface area contributed by atoms with Crippen LogP contribution in [-0.4, -0.2) is 63.4 Å². The van der Waals surface area contributed by atoms with Gasteiger partial charge < -0.3 is 15.4 Å². The number of methoxy groups -OCH3 is 1. The number of amides is 3. The fourth-order valence-corrected chi connectivity index (χ4v) is 6.84. The molecule has 0 saturated carbocycles. The van der Waals surface area contributed by atoms with Crippen LogP contribution in [-0.2, 0) is 42.0 Å². The largest absolute Gasteiger partial charge is 0.383 e. The van der Waals surface area contributed by atoms with Gasteiger partial charge in [-0.1, -0.05) is 36.4 Å². The lowest BCUT2D eigenvalue weighted by molar-refractivity contribution is -0.146.